The molecule has 2 amide bonds. The van der Waals surface area contributed by atoms with E-state index in [-0.39, 0.29) is 64.4 Å². The van der Waals surface area contributed by atoms with Crippen molar-refractivity contribution in [2.75, 3.05) is 12.3 Å². The van der Waals surface area contributed by atoms with E-state index in [2.05, 4.69) is 0 Å². The maximum atomic E-state index is 11.9. The maximum absolute atomic E-state index is 11.9. The van der Waals surface area contributed by atoms with Gasteiger partial charge < -0.3 is 0 Å². The van der Waals surface area contributed by atoms with Gasteiger partial charge in [0.2, 0.25) is 0 Å². The fraction of sp³-hybridized carbons (Fsp3) is 0.273. The van der Waals surface area contributed by atoms with Crippen molar-refractivity contribution in [3.05, 3.63) is 35.4 Å². The molecule has 1 aromatic rings. The van der Waals surface area contributed by atoms with E-state index in [0.717, 1.165) is 4.90 Å². The van der Waals surface area contributed by atoms with Gasteiger partial charge in [0.25, 0.3) is 21.9 Å². The van der Waals surface area contributed by atoms with Crippen LogP contribution in [0, 0.1) is 0 Å². The number of benzene rings is 1. The fourth-order valence-corrected chi connectivity index (χ4v) is 2.34. The summed E-state index contributed by atoms with van der Waals surface area (Å²) in [7, 11) is -4.07. The van der Waals surface area contributed by atoms with Crippen LogP contribution in [0.2, 0.25) is 0 Å². The molecule has 1 N–H and O–H groups in total. The molecule has 8 heteroatoms. The molecular formula is C11H11KNO5S. The number of carbonyl (C=O) groups excluding carboxylic acids is 2. The van der Waals surface area contributed by atoms with E-state index in [1.165, 1.54) is 0 Å². The summed E-state index contributed by atoms with van der Waals surface area (Å²) >= 11 is 0. The third kappa shape index (κ3) is 3.94. The summed E-state index contributed by atoms with van der Waals surface area (Å²) in [6.07, 6.45) is 0.0182. The van der Waals surface area contributed by atoms with E-state index >= 15 is 0 Å². The molecule has 0 bridgehead atoms. The molecule has 97 valence electrons. The molecule has 1 heterocycles. The van der Waals surface area contributed by atoms with Crippen molar-refractivity contribution in [1.82, 2.24) is 4.90 Å². The van der Waals surface area contributed by atoms with E-state index in [1.807, 2.05) is 0 Å². The minimum absolute atomic E-state index is 0. The van der Waals surface area contributed by atoms with Gasteiger partial charge in [-0.25, -0.2) is 0 Å². The Hall–Kier alpha value is -0.0936. The first-order valence-electron chi connectivity index (χ1n) is 5.30. The molecule has 19 heavy (non-hydrogen) atoms. The predicted octanol–water partition coefficient (Wildman–Crippen LogP) is 0.180. The number of imide groups is 1. The Morgan fingerprint density at radius 3 is 1.95 bits per heavy atom. The van der Waals surface area contributed by atoms with E-state index < -0.39 is 27.7 Å². The van der Waals surface area contributed by atoms with E-state index in [0.29, 0.717) is 11.1 Å². The van der Waals surface area contributed by atoms with Gasteiger partial charge in [0.05, 0.1) is 16.9 Å². The Morgan fingerprint density at radius 1 is 1.05 bits per heavy atom. The second-order valence-corrected chi connectivity index (χ2v) is 5.52. The van der Waals surface area contributed by atoms with Gasteiger partial charge in [0, 0.05) is 57.9 Å². The van der Waals surface area contributed by atoms with Gasteiger partial charge in [-0.2, -0.15) is 8.42 Å². The molecule has 1 radical (unpaired) electrons. The molecule has 0 saturated heterocycles. The van der Waals surface area contributed by atoms with Crippen LogP contribution in [-0.2, 0) is 10.1 Å². The second kappa shape index (κ2) is 6.57. The molecular weight excluding hydrogens is 297 g/mol. The Morgan fingerprint density at radius 2 is 1.53 bits per heavy atom. The van der Waals surface area contributed by atoms with Crippen LogP contribution in [0.15, 0.2) is 24.3 Å². The normalized spacial score (nSPS) is 14.3. The largest absolute Gasteiger partial charge is 0.286 e. The van der Waals surface area contributed by atoms with Gasteiger partial charge in [-0.15, -0.1) is 0 Å². The van der Waals surface area contributed by atoms with Gasteiger partial charge >= 0.3 is 0 Å². The van der Waals surface area contributed by atoms with Crippen molar-refractivity contribution in [2.45, 2.75) is 6.42 Å². The molecule has 0 fully saturated rings. The van der Waals surface area contributed by atoms with Crippen LogP contribution in [0.3, 0.4) is 0 Å². The van der Waals surface area contributed by atoms with Crippen LogP contribution < -0.4 is 0 Å². The summed E-state index contributed by atoms with van der Waals surface area (Å²) < 4.78 is 29.7. The Kier molecular flexibility index (Phi) is 5.87. The van der Waals surface area contributed by atoms with Gasteiger partial charge in [-0.3, -0.25) is 19.0 Å². The molecule has 0 atom stereocenters. The number of hydrogen-bond donors (Lipinski definition) is 1. The van der Waals surface area contributed by atoms with Crippen molar-refractivity contribution >= 4 is 73.3 Å². The summed E-state index contributed by atoms with van der Waals surface area (Å²) in [5.74, 6) is -1.32. The average Bonchev–Trinajstić information content (AvgIpc) is 2.53. The van der Waals surface area contributed by atoms with E-state index in [9.17, 15) is 18.0 Å². The summed E-state index contributed by atoms with van der Waals surface area (Å²) in [6, 6.07) is 6.42. The van der Waals surface area contributed by atoms with Crippen LogP contribution in [0.1, 0.15) is 27.1 Å². The summed E-state index contributed by atoms with van der Waals surface area (Å²) in [5.41, 5.74) is 0.656. The first-order chi connectivity index (χ1) is 8.40. The third-order valence-electron chi connectivity index (χ3n) is 2.66. The smallest absolute Gasteiger partial charge is 0.264 e. The summed E-state index contributed by atoms with van der Waals surface area (Å²) in [6.45, 7) is -0.0217. The van der Waals surface area contributed by atoms with Crippen LogP contribution in [-0.4, -0.2) is 93.4 Å². The van der Waals surface area contributed by atoms with Gasteiger partial charge in [0.1, 0.15) is 0 Å². The Labute approximate surface area is 153 Å². The Bertz CT molecular complexity index is 578. The van der Waals surface area contributed by atoms with Crippen molar-refractivity contribution in [3.63, 3.8) is 0 Å². The molecule has 1 aliphatic heterocycles. The molecule has 0 unspecified atom stereocenters. The van der Waals surface area contributed by atoms with Gasteiger partial charge in [-0.05, 0) is 18.6 Å². The van der Waals surface area contributed by atoms with Gasteiger partial charge in [-0.1, -0.05) is 12.1 Å². The van der Waals surface area contributed by atoms with E-state index in [4.69, 9.17) is 4.55 Å². The number of amides is 2. The summed E-state index contributed by atoms with van der Waals surface area (Å²) in [4.78, 5) is 24.7. The van der Waals surface area contributed by atoms with Crippen LogP contribution in [0.25, 0.3) is 0 Å². The average molecular weight is 308 g/mol. The Balaban J connectivity index is 0.00000180. The fourth-order valence-electron chi connectivity index (χ4n) is 1.85. The van der Waals surface area contributed by atoms with Crippen LogP contribution >= 0.6 is 0 Å². The molecule has 6 nitrogen and oxygen atoms in total. The quantitative estimate of drug-likeness (QED) is 0.487. The second-order valence-electron chi connectivity index (χ2n) is 3.95. The number of hydrogen-bond acceptors (Lipinski definition) is 4. The first kappa shape index (κ1) is 17.0. The monoisotopic (exact) mass is 308 g/mol. The molecule has 1 aliphatic rings. The molecule has 0 saturated carbocycles. The number of fused-ring (bicyclic) bond motifs is 1. The minimum atomic E-state index is -4.07. The third-order valence-corrected chi connectivity index (χ3v) is 3.47. The minimum Gasteiger partial charge on any atom is -0.286 e. The van der Waals surface area contributed by atoms with Crippen LogP contribution in [0.5, 0.6) is 0 Å². The standard InChI is InChI=1S/C11H11NO5S.K/c13-10-8-4-1-2-5-9(8)11(14)12(10)6-3-7-18(15,16)17;/h1-2,4-5H,3,6-7H2,(H,15,16,17);. The molecule has 0 spiro atoms. The molecule has 0 aromatic heterocycles. The number of rotatable bonds is 4. The van der Waals surface area contributed by atoms with Crippen molar-refractivity contribution in [2.24, 2.45) is 0 Å². The van der Waals surface area contributed by atoms with Crippen LogP contribution in [0.4, 0.5) is 0 Å². The molecule has 2 rings (SSSR count). The number of carbonyl (C=O) groups is 2. The summed E-state index contributed by atoms with van der Waals surface area (Å²) in [5, 5.41) is 0. The van der Waals surface area contributed by atoms with Gasteiger partial charge in [0.15, 0.2) is 0 Å². The molecule has 0 aliphatic carbocycles. The van der Waals surface area contributed by atoms with Crippen molar-refractivity contribution < 1.29 is 22.6 Å². The van der Waals surface area contributed by atoms with E-state index in [1.54, 1.807) is 24.3 Å². The first-order valence-corrected chi connectivity index (χ1v) is 6.91. The molecule has 1 aromatic carbocycles. The SMILES string of the molecule is O=C1c2ccccc2C(=O)N1CCCS(=O)(=O)O.[K]. The number of nitrogens with zero attached hydrogens (tertiary/aromatic N) is 1. The predicted molar refractivity (Wildman–Crippen MR) is 68.6 cm³/mol. The zero-order chi connectivity index (χ0) is 13.3. The van der Waals surface area contributed by atoms with Crippen molar-refractivity contribution in [1.29, 1.82) is 0 Å². The zero-order valence-electron chi connectivity index (χ0n) is 10.4. The maximum Gasteiger partial charge on any atom is 0.264 e. The van der Waals surface area contributed by atoms with Crippen molar-refractivity contribution in [3.8, 4) is 0 Å². The topological polar surface area (TPSA) is 91.8 Å². The zero-order valence-corrected chi connectivity index (χ0v) is 14.3.